The first kappa shape index (κ1) is 18.0. The van der Waals surface area contributed by atoms with Gasteiger partial charge in [0.1, 0.15) is 5.01 Å². The fourth-order valence-corrected chi connectivity index (χ4v) is 4.23. The minimum atomic E-state index is -0.265. The smallest absolute Gasteiger partial charge is 0.227 e. The third-order valence-electron chi connectivity index (χ3n) is 4.92. The summed E-state index contributed by atoms with van der Waals surface area (Å²) < 4.78 is 0. The Kier molecular flexibility index (Phi) is 5.81. The Morgan fingerprint density at radius 1 is 1.40 bits per heavy atom. The van der Waals surface area contributed by atoms with Gasteiger partial charge >= 0.3 is 0 Å². The van der Waals surface area contributed by atoms with Gasteiger partial charge < -0.3 is 10.2 Å². The number of piperidine rings is 1. The van der Waals surface area contributed by atoms with Crippen molar-refractivity contribution in [3.63, 3.8) is 0 Å². The quantitative estimate of drug-likeness (QED) is 0.862. The van der Waals surface area contributed by atoms with E-state index in [1.54, 1.807) is 23.7 Å². The maximum absolute atomic E-state index is 12.6. The van der Waals surface area contributed by atoms with Gasteiger partial charge in [0.05, 0.1) is 11.1 Å². The SMILES string of the molecule is CCN1CCC[C@](C)(C(=O)NCCc2csc(-c3ccncc3)n2)C1. The fourth-order valence-electron chi connectivity index (χ4n) is 3.37. The van der Waals surface area contributed by atoms with Gasteiger partial charge in [-0.25, -0.2) is 4.98 Å². The highest BCUT2D eigenvalue weighted by Gasteiger charge is 2.37. The van der Waals surface area contributed by atoms with Gasteiger partial charge in [0.2, 0.25) is 5.91 Å². The Bertz CT molecular complexity index is 702. The first-order valence-corrected chi connectivity index (χ1v) is 9.84. The molecule has 2 aromatic rings. The highest BCUT2D eigenvalue weighted by Crippen LogP contribution is 2.29. The second-order valence-electron chi connectivity index (χ2n) is 6.92. The maximum atomic E-state index is 12.6. The van der Waals surface area contributed by atoms with Crippen LogP contribution in [0.15, 0.2) is 29.9 Å². The molecule has 0 unspecified atom stereocenters. The molecule has 3 rings (SSSR count). The number of carbonyl (C=O) groups is 1. The zero-order chi connectivity index (χ0) is 17.7. The lowest BCUT2D eigenvalue weighted by Crippen LogP contribution is -2.50. The van der Waals surface area contributed by atoms with Gasteiger partial charge in [-0.2, -0.15) is 0 Å². The molecule has 1 N–H and O–H groups in total. The van der Waals surface area contributed by atoms with Crippen LogP contribution < -0.4 is 5.32 Å². The number of pyridine rings is 1. The zero-order valence-electron chi connectivity index (χ0n) is 15.0. The van der Waals surface area contributed by atoms with E-state index in [-0.39, 0.29) is 11.3 Å². The third-order valence-corrected chi connectivity index (χ3v) is 5.86. The molecular formula is C19H26N4OS. The number of aromatic nitrogens is 2. The van der Waals surface area contributed by atoms with Crippen molar-refractivity contribution in [3.05, 3.63) is 35.6 Å². The van der Waals surface area contributed by atoms with Gasteiger partial charge in [0, 0.05) is 42.8 Å². The minimum absolute atomic E-state index is 0.176. The van der Waals surface area contributed by atoms with Crippen LogP contribution in [0.2, 0.25) is 0 Å². The molecule has 0 spiro atoms. The Labute approximate surface area is 153 Å². The molecule has 0 aromatic carbocycles. The van der Waals surface area contributed by atoms with Crippen LogP contribution in [-0.4, -0.2) is 47.0 Å². The third kappa shape index (κ3) is 4.44. The Hall–Kier alpha value is -1.79. The average Bonchev–Trinajstić information content (AvgIpc) is 3.11. The first-order valence-electron chi connectivity index (χ1n) is 8.96. The van der Waals surface area contributed by atoms with E-state index in [2.05, 4.69) is 39.4 Å². The number of hydrogen-bond donors (Lipinski definition) is 1. The molecule has 1 saturated heterocycles. The van der Waals surface area contributed by atoms with E-state index in [0.29, 0.717) is 6.54 Å². The summed E-state index contributed by atoms with van der Waals surface area (Å²) in [6.45, 7) is 7.87. The Balaban J connectivity index is 1.51. The molecule has 1 aliphatic heterocycles. The molecule has 1 fully saturated rings. The molecule has 0 radical (unpaired) electrons. The van der Waals surface area contributed by atoms with Gasteiger partial charge in [-0.05, 0) is 45.0 Å². The second kappa shape index (κ2) is 8.06. The van der Waals surface area contributed by atoms with Crippen LogP contribution >= 0.6 is 11.3 Å². The van der Waals surface area contributed by atoms with Crippen LogP contribution in [0.4, 0.5) is 0 Å². The highest BCUT2D eigenvalue weighted by molar-refractivity contribution is 7.13. The molecule has 134 valence electrons. The van der Waals surface area contributed by atoms with Gasteiger partial charge in [0.25, 0.3) is 0 Å². The lowest BCUT2D eigenvalue weighted by atomic mass is 9.81. The van der Waals surface area contributed by atoms with Crippen molar-refractivity contribution < 1.29 is 4.79 Å². The molecule has 2 aromatic heterocycles. The summed E-state index contributed by atoms with van der Waals surface area (Å²) >= 11 is 1.63. The predicted octanol–water partition coefficient (Wildman–Crippen LogP) is 2.99. The molecule has 1 atom stereocenters. The molecule has 0 aliphatic carbocycles. The fraction of sp³-hybridized carbons (Fsp3) is 0.526. The molecule has 5 nitrogen and oxygen atoms in total. The van der Waals surface area contributed by atoms with Crippen LogP contribution in [0.3, 0.4) is 0 Å². The summed E-state index contributed by atoms with van der Waals surface area (Å²) in [5.74, 6) is 0.176. The number of rotatable bonds is 6. The number of hydrogen-bond acceptors (Lipinski definition) is 5. The van der Waals surface area contributed by atoms with Crippen molar-refractivity contribution >= 4 is 17.2 Å². The van der Waals surface area contributed by atoms with Gasteiger partial charge in [0.15, 0.2) is 0 Å². The van der Waals surface area contributed by atoms with E-state index in [1.807, 2.05) is 12.1 Å². The standard InChI is InChI=1S/C19H26N4OS/c1-3-23-12-4-8-19(2,14-23)18(24)21-11-7-16-13-25-17(22-16)15-5-9-20-10-6-15/h5-6,9-10,13H,3-4,7-8,11-12,14H2,1-2H3,(H,21,24)/t19-/m0/s1. The largest absolute Gasteiger partial charge is 0.355 e. The number of nitrogens with zero attached hydrogens (tertiary/aromatic N) is 3. The van der Waals surface area contributed by atoms with Crippen LogP contribution in [-0.2, 0) is 11.2 Å². The molecule has 1 amide bonds. The molecule has 25 heavy (non-hydrogen) atoms. The number of likely N-dealkylation sites (tertiary alicyclic amines) is 1. The van der Waals surface area contributed by atoms with Crippen molar-refractivity contribution in [1.82, 2.24) is 20.2 Å². The zero-order valence-corrected chi connectivity index (χ0v) is 15.8. The van der Waals surface area contributed by atoms with E-state index in [4.69, 9.17) is 0 Å². The predicted molar refractivity (Wildman–Crippen MR) is 102 cm³/mol. The molecule has 0 saturated carbocycles. The van der Waals surface area contributed by atoms with E-state index >= 15 is 0 Å². The number of thiazole rings is 1. The monoisotopic (exact) mass is 358 g/mol. The second-order valence-corrected chi connectivity index (χ2v) is 7.78. The average molecular weight is 359 g/mol. The molecule has 0 bridgehead atoms. The summed E-state index contributed by atoms with van der Waals surface area (Å²) in [4.78, 5) is 23.7. The van der Waals surface area contributed by atoms with Crippen molar-refractivity contribution in [2.24, 2.45) is 5.41 Å². The number of carbonyl (C=O) groups excluding carboxylic acids is 1. The lowest BCUT2D eigenvalue weighted by Gasteiger charge is -2.38. The van der Waals surface area contributed by atoms with Gasteiger partial charge in [-0.15, -0.1) is 11.3 Å². The van der Waals surface area contributed by atoms with Crippen molar-refractivity contribution in [2.75, 3.05) is 26.2 Å². The first-order chi connectivity index (χ1) is 12.1. The van der Waals surface area contributed by atoms with Crippen molar-refractivity contribution in [1.29, 1.82) is 0 Å². The van der Waals surface area contributed by atoms with Crippen molar-refractivity contribution in [3.8, 4) is 10.6 Å². The molecule has 3 heterocycles. The summed E-state index contributed by atoms with van der Waals surface area (Å²) in [5.41, 5.74) is 1.85. The van der Waals surface area contributed by atoms with Gasteiger partial charge in [-0.3, -0.25) is 9.78 Å². The van der Waals surface area contributed by atoms with Crippen LogP contribution in [0.5, 0.6) is 0 Å². The van der Waals surface area contributed by atoms with E-state index < -0.39 is 0 Å². The van der Waals surface area contributed by atoms with Gasteiger partial charge in [-0.1, -0.05) is 6.92 Å². The minimum Gasteiger partial charge on any atom is -0.355 e. The normalized spacial score (nSPS) is 21.2. The topological polar surface area (TPSA) is 58.1 Å². The lowest BCUT2D eigenvalue weighted by molar-refractivity contribution is -0.133. The Morgan fingerprint density at radius 2 is 2.20 bits per heavy atom. The van der Waals surface area contributed by atoms with Crippen LogP contribution in [0.1, 0.15) is 32.4 Å². The molecule has 1 aliphatic rings. The van der Waals surface area contributed by atoms with E-state index in [1.165, 1.54) is 0 Å². The number of amides is 1. The summed E-state index contributed by atoms with van der Waals surface area (Å²) in [6, 6.07) is 3.93. The molecular weight excluding hydrogens is 332 g/mol. The summed E-state index contributed by atoms with van der Waals surface area (Å²) in [7, 11) is 0. The highest BCUT2D eigenvalue weighted by atomic mass is 32.1. The van der Waals surface area contributed by atoms with Crippen molar-refractivity contribution in [2.45, 2.75) is 33.1 Å². The van der Waals surface area contributed by atoms with E-state index in [0.717, 1.165) is 55.2 Å². The molecule has 6 heteroatoms. The van der Waals surface area contributed by atoms with Crippen LogP contribution in [0, 0.1) is 5.41 Å². The van der Waals surface area contributed by atoms with Crippen LogP contribution in [0.25, 0.3) is 10.6 Å². The maximum Gasteiger partial charge on any atom is 0.227 e. The summed E-state index contributed by atoms with van der Waals surface area (Å²) in [5, 5.41) is 6.20. The summed E-state index contributed by atoms with van der Waals surface area (Å²) in [6.07, 6.45) is 6.39. The van der Waals surface area contributed by atoms with E-state index in [9.17, 15) is 4.79 Å². The number of nitrogens with one attached hydrogen (secondary N) is 1. The Morgan fingerprint density at radius 3 is 2.96 bits per heavy atom.